The van der Waals surface area contributed by atoms with E-state index in [1.165, 1.54) is 6.26 Å². The molecule has 1 aromatic rings. The van der Waals surface area contributed by atoms with Gasteiger partial charge in [-0.15, -0.1) is 5.10 Å². The second-order valence-electron chi connectivity index (χ2n) is 5.37. The molecule has 2 heterocycles. The van der Waals surface area contributed by atoms with Crippen LogP contribution in [0.5, 0.6) is 0 Å². The number of rotatable bonds is 3. The summed E-state index contributed by atoms with van der Waals surface area (Å²) < 4.78 is 25.1. The van der Waals surface area contributed by atoms with E-state index in [0.29, 0.717) is 37.3 Å². The average molecular weight is 309 g/mol. The number of piperidine rings is 1. The number of nitrogens with zero attached hydrogens (tertiary/aromatic N) is 4. The van der Waals surface area contributed by atoms with Crippen LogP contribution >= 0.6 is 0 Å². The van der Waals surface area contributed by atoms with Crippen LogP contribution in [0.2, 0.25) is 0 Å². The van der Waals surface area contributed by atoms with E-state index in [1.54, 1.807) is 0 Å². The first kappa shape index (κ1) is 15.7. The Kier molecular flexibility index (Phi) is 4.44. The zero-order valence-electron chi connectivity index (χ0n) is 12.4. The van der Waals surface area contributed by atoms with Gasteiger partial charge in [0.15, 0.2) is 5.82 Å². The molecule has 0 atom stereocenters. The van der Waals surface area contributed by atoms with Crippen LogP contribution < -0.4 is 9.62 Å². The SMILES string of the molecule is Cc1nnc(N2CCC(NS(C)(=O)=O)CC2)c(C#N)c1C. The molecule has 1 fully saturated rings. The lowest BCUT2D eigenvalue weighted by Crippen LogP contribution is -2.44. The highest BCUT2D eigenvalue weighted by atomic mass is 32.2. The molecule has 0 saturated carbocycles. The minimum absolute atomic E-state index is 0.0544. The molecule has 0 spiro atoms. The van der Waals surface area contributed by atoms with Crippen molar-refractivity contribution in [3.8, 4) is 6.07 Å². The summed E-state index contributed by atoms with van der Waals surface area (Å²) in [5.41, 5.74) is 2.15. The first-order valence-corrected chi connectivity index (χ1v) is 8.67. The summed E-state index contributed by atoms with van der Waals surface area (Å²) in [5.74, 6) is 0.596. The molecule has 0 bridgehead atoms. The van der Waals surface area contributed by atoms with E-state index in [-0.39, 0.29) is 6.04 Å². The Morgan fingerprint density at radius 2 is 1.90 bits per heavy atom. The zero-order valence-corrected chi connectivity index (χ0v) is 13.2. The Bertz CT molecular complexity index is 673. The number of aryl methyl sites for hydroxylation is 1. The summed E-state index contributed by atoms with van der Waals surface area (Å²) in [6.07, 6.45) is 2.54. The number of nitriles is 1. The van der Waals surface area contributed by atoms with Crippen LogP contribution in [-0.2, 0) is 10.0 Å². The molecule has 1 aromatic heterocycles. The maximum absolute atomic E-state index is 11.2. The van der Waals surface area contributed by atoms with Crippen molar-refractivity contribution in [1.29, 1.82) is 5.26 Å². The number of aromatic nitrogens is 2. The molecular formula is C13H19N5O2S. The van der Waals surface area contributed by atoms with Gasteiger partial charge in [0.2, 0.25) is 10.0 Å². The summed E-state index contributed by atoms with van der Waals surface area (Å²) >= 11 is 0. The van der Waals surface area contributed by atoms with Crippen molar-refractivity contribution < 1.29 is 8.42 Å². The fraction of sp³-hybridized carbons (Fsp3) is 0.615. The van der Waals surface area contributed by atoms with Gasteiger partial charge in [-0.05, 0) is 32.3 Å². The van der Waals surface area contributed by atoms with Crippen molar-refractivity contribution in [2.75, 3.05) is 24.2 Å². The second kappa shape index (κ2) is 5.95. The van der Waals surface area contributed by atoms with Crippen LogP contribution in [0.4, 0.5) is 5.82 Å². The maximum Gasteiger partial charge on any atom is 0.208 e. The molecular weight excluding hydrogens is 290 g/mol. The van der Waals surface area contributed by atoms with Gasteiger partial charge < -0.3 is 4.90 Å². The number of nitrogens with one attached hydrogen (secondary N) is 1. The Morgan fingerprint density at radius 1 is 1.29 bits per heavy atom. The third-order valence-electron chi connectivity index (χ3n) is 3.72. The maximum atomic E-state index is 11.2. The van der Waals surface area contributed by atoms with Gasteiger partial charge in [0, 0.05) is 19.1 Å². The predicted molar refractivity (Wildman–Crippen MR) is 79.4 cm³/mol. The molecule has 0 aromatic carbocycles. The molecule has 114 valence electrons. The number of hydrogen-bond donors (Lipinski definition) is 1. The van der Waals surface area contributed by atoms with Crippen molar-refractivity contribution in [1.82, 2.24) is 14.9 Å². The molecule has 0 aliphatic carbocycles. The highest BCUT2D eigenvalue weighted by Gasteiger charge is 2.25. The number of anilines is 1. The van der Waals surface area contributed by atoms with E-state index in [9.17, 15) is 13.7 Å². The first-order chi connectivity index (χ1) is 9.81. The van der Waals surface area contributed by atoms with Crippen molar-refractivity contribution >= 4 is 15.8 Å². The Morgan fingerprint density at radius 3 is 2.43 bits per heavy atom. The number of hydrogen-bond acceptors (Lipinski definition) is 6. The Balaban J connectivity index is 2.13. The summed E-state index contributed by atoms with van der Waals surface area (Å²) in [5, 5.41) is 17.6. The first-order valence-electron chi connectivity index (χ1n) is 6.78. The Hall–Kier alpha value is -1.72. The van der Waals surface area contributed by atoms with E-state index in [4.69, 9.17) is 0 Å². The van der Waals surface area contributed by atoms with Crippen LogP contribution in [0.1, 0.15) is 29.7 Å². The van der Waals surface area contributed by atoms with Crippen LogP contribution in [0, 0.1) is 25.2 Å². The van der Waals surface area contributed by atoms with Gasteiger partial charge in [-0.3, -0.25) is 0 Å². The van der Waals surface area contributed by atoms with Gasteiger partial charge >= 0.3 is 0 Å². The molecule has 0 radical (unpaired) electrons. The van der Waals surface area contributed by atoms with E-state index in [0.717, 1.165) is 11.3 Å². The molecule has 21 heavy (non-hydrogen) atoms. The lowest BCUT2D eigenvalue weighted by molar-refractivity contribution is 0.459. The lowest BCUT2D eigenvalue weighted by atomic mass is 10.0. The monoisotopic (exact) mass is 309 g/mol. The molecule has 0 amide bonds. The molecule has 7 nitrogen and oxygen atoms in total. The van der Waals surface area contributed by atoms with Crippen LogP contribution in [0.25, 0.3) is 0 Å². The summed E-state index contributed by atoms with van der Waals surface area (Å²) in [7, 11) is -3.18. The second-order valence-corrected chi connectivity index (χ2v) is 7.15. The minimum atomic E-state index is -3.18. The van der Waals surface area contributed by atoms with Crippen LogP contribution in [0.3, 0.4) is 0 Å². The van der Waals surface area contributed by atoms with Gasteiger partial charge in [-0.2, -0.15) is 10.4 Å². The summed E-state index contributed by atoms with van der Waals surface area (Å²) in [4.78, 5) is 2.00. The summed E-state index contributed by atoms with van der Waals surface area (Å²) in [6, 6.07) is 2.14. The van der Waals surface area contributed by atoms with E-state index >= 15 is 0 Å². The quantitative estimate of drug-likeness (QED) is 0.872. The molecule has 1 saturated heterocycles. The Labute approximate surface area is 125 Å². The fourth-order valence-electron chi connectivity index (χ4n) is 2.46. The largest absolute Gasteiger partial charge is 0.354 e. The van der Waals surface area contributed by atoms with E-state index in [1.807, 2.05) is 18.7 Å². The van der Waals surface area contributed by atoms with Crippen LogP contribution in [0.15, 0.2) is 0 Å². The lowest BCUT2D eigenvalue weighted by Gasteiger charge is -2.33. The predicted octanol–water partition coefficient (Wildman–Crippen LogP) is 0.483. The average Bonchev–Trinajstić information content (AvgIpc) is 2.41. The molecule has 1 aliphatic heterocycles. The zero-order chi connectivity index (χ0) is 15.6. The highest BCUT2D eigenvalue weighted by molar-refractivity contribution is 7.88. The van der Waals surface area contributed by atoms with Crippen molar-refractivity contribution in [3.05, 3.63) is 16.8 Å². The fourth-order valence-corrected chi connectivity index (χ4v) is 3.30. The van der Waals surface area contributed by atoms with E-state index in [2.05, 4.69) is 21.0 Å². The number of sulfonamides is 1. The normalized spacial score (nSPS) is 16.8. The standard InChI is InChI=1S/C13H19N5O2S/c1-9-10(2)15-16-13(12(9)8-14)18-6-4-11(5-7-18)17-21(3,19)20/h11,17H,4-7H2,1-3H3. The molecule has 0 unspecified atom stereocenters. The van der Waals surface area contributed by atoms with E-state index < -0.39 is 10.0 Å². The molecule has 8 heteroatoms. The topological polar surface area (TPSA) is 99.0 Å². The third kappa shape index (κ3) is 3.68. The highest BCUT2D eigenvalue weighted by Crippen LogP contribution is 2.24. The molecule has 1 N–H and O–H groups in total. The van der Waals surface area contributed by atoms with Gasteiger partial charge in [-0.25, -0.2) is 13.1 Å². The summed E-state index contributed by atoms with van der Waals surface area (Å²) in [6.45, 7) is 5.00. The van der Waals surface area contributed by atoms with Crippen molar-refractivity contribution in [3.63, 3.8) is 0 Å². The smallest absolute Gasteiger partial charge is 0.208 e. The molecule has 2 rings (SSSR count). The van der Waals surface area contributed by atoms with Gasteiger partial charge in [-0.1, -0.05) is 0 Å². The van der Waals surface area contributed by atoms with Crippen molar-refractivity contribution in [2.24, 2.45) is 0 Å². The van der Waals surface area contributed by atoms with Gasteiger partial charge in [0.25, 0.3) is 0 Å². The van der Waals surface area contributed by atoms with Gasteiger partial charge in [0.05, 0.1) is 11.9 Å². The third-order valence-corrected chi connectivity index (χ3v) is 4.48. The van der Waals surface area contributed by atoms with Crippen LogP contribution in [-0.4, -0.2) is 44.0 Å². The minimum Gasteiger partial charge on any atom is -0.354 e. The van der Waals surface area contributed by atoms with Gasteiger partial charge in [0.1, 0.15) is 11.6 Å². The molecule has 1 aliphatic rings. The van der Waals surface area contributed by atoms with Crippen molar-refractivity contribution in [2.45, 2.75) is 32.7 Å².